The summed E-state index contributed by atoms with van der Waals surface area (Å²) in [4.78, 5) is 52.5. The summed E-state index contributed by atoms with van der Waals surface area (Å²) in [6, 6.07) is 5.45. The van der Waals surface area contributed by atoms with Crippen LogP contribution in [0.15, 0.2) is 28.7 Å². The minimum absolute atomic E-state index is 0.131. The Bertz CT molecular complexity index is 905. The number of rotatable bonds is 10. The summed E-state index contributed by atoms with van der Waals surface area (Å²) in [5.41, 5.74) is 0.409. The first-order chi connectivity index (χ1) is 15.8. The highest BCUT2D eigenvalue weighted by Crippen LogP contribution is 2.27. The zero-order valence-corrected chi connectivity index (χ0v) is 20.8. The lowest BCUT2D eigenvalue weighted by molar-refractivity contribution is -0.151. The Labute approximate surface area is 204 Å². The van der Waals surface area contributed by atoms with Crippen molar-refractivity contribution in [2.75, 3.05) is 26.9 Å². The predicted octanol–water partition coefficient (Wildman–Crippen LogP) is 3.85. The van der Waals surface area contributed by atoms with Crippen molar-refractivity contribution in [1.29, 1.82) is 0 Å². The van der Waals surface area contributed by atoms with E-state index in [0.717, 1.165) is 14.3 Å². The molecule has 0 radical (unpaired) electrons. The Morgan fingerprint density at radius 2 is 1.74 bits per heavy atom. The second-order valence-electron chi connectivity index (χ2n) is 8.62. The van der Waals surface area contributed by atoms with E-state index in [0.29, 0.717) is 5.56 Å². The molecule has 0 aromatic heterocycles. The first kappa shape index (κ1) is 28.0. The SMILES string of the molecule is COC(=O)C[C@H](C(=O)N1CN(CC(F)(F)F)C[C@H]1C(=O)CCC(=O)c1ccc(Br)cc1)C(C)C. The monoisotopic (exact) mass is 548 g/mol. The highest BCUT2D eigenvalue weighted by atomic mass is 79.9. The fourth-order valence-corrected chi connectivity index (χ4v) is 4.11. The Morgan fingerprint density at radius 1 is 1.12 bits per heavy atom. The van der Waals surface area contributed by atoms with Gasteiger partial charge in [-0.2, -0.15) is 13.2 Å². The van der Waals surface area contributed by atoms with Crippen LogP contribution >= 0.6 is 15.9 Å². The Balaban J connectivity index is 2.17. The second-order valence-corrected chi connectivity index (χ2v) is 9.53. The van der Waals surface area contributed by atoms with E-state index in [1.807, 2.05) is 0 Å². The Morgan fingerprint density at radius 3 is 2.26 bits per heavy atom. The summed E-state index contributed by atoms with van der Waals surface area (Å²) in [6.07, 6.45) is -5.10. The van der Waals surface area contributed by atoms with E-state index in [9.17, 15) is 32.3 Å². The molecule has 2 rings (SSSR count). The number of esters is 1. The first-order valence-electron chi connectivity index (χ1n) is 10.8. The number of ether oxygens (including phenoxy) is 1. The molecule has 188 valence electrons. The number of nitrogens with zero attached hydrogens (tertiary/aromatic N) is 2. The van der Waals surface area contributed by atoms with Crippen LogP contribution in [-0.2, 0) is 19.1 Å². The van der Waals surface area contributed by atoms with Gasteiger partial charge in [0.05, 0.1) is 32.7 Å². The molecular weight excluding hydrogens is 521 g/mol. The van der Waals surface area contributed by atoms with Gasteiger partial charge in [0, 0.05) is 29.4 Å². The Kier molecular flexibility index (Phi) is 9.81. The summed E-state index contributed by atoms with van der Waals surface area (Å²) in [5, 5.41) is 0. The fourth-order valence-electron chi connectivity index (χ4n) is 3.85. The van der Waals surface area contributed by atoms with Crippen molar-refractivity contribution in [3.63, 3.8) is 0 Å². The van der Waals surface area contributed by atoms with Crippen LogP contribution in [0, 0.1) is 11.8 Å². The van der Waals surface area contributed by atoms with Gasteiger partial charge in [0.25, 0.3) is 0 Å². The summed E-state index contributed by atoms with van der Waals surface area (Å²) >= 11 is 3.27. The van der Waals surface area contributed by atoms with E-state index in [1.54, 1.807) is 38.1 Å². The standard InChI is InChI=1S/C23H28BrF3N2O5/c1-14(2)17(10-21(32)34-3)22(33)29-13-28(12-23(25,26)27)11-18(29)20(31)9-8-19(30)15-4-6-16(24)7-5-15/h4-7,14,17-18H,8-13H2,1-3H3/t17-,18-/m0/s1. The maximum atomic E-state index is 13.2. The second kappa shape index (κ2) is 11.9. The maximum Gasteiger partial charge on any atom is 0.401 e. The number of carbonyl (C=O) groups excluding carboxylic acids is 4. The molecule has 2 atom stereocenters. The number of methoxy groups -OCH3 is 1. The average molecular weight is 549 g/mol. The van der Waals surface area contributed by atoms with E-state index in [-0.39, 0.29) is 44.2 Å². The number of carbonyl (C=O) groups is 4. The normalized spacial score (nSPS) is 17.6. The van der Waals surface area contributed by atoms with Crippen molar-refractivity contribution in [1.82, 2.24) is 9.80 Å². The molecule has 1 aromatic carbocycles. The molecule has 0 bridgehead atoms. The first-order valence-corrected chi connectivity index (χ1v) is 11.6. The molecule has 1 saturated heterocycles. The minimum Gasteiger partial charge on any atom is -0.469 e. The van der Waals surface area contributed by atoms with Crippen LogP contribution in [0.5, 0.6) is 0 Å². The van der Waals surface area contributed by atoms with Crippen molar-refractivity contribution in [3.8, 4) is 0 Å². The predicted molar refractivity (Wildman–Crippen MR) is 121 cm³/mol. The quantitative estimate of drug-likeness (QED) is 0.326. The van der Waals surface area contributed by atoms with Gasteiger partial charge in [-0.15, -0.1) is 0 Å². The topological polar surface area (TPSA) is 84.0 Å². The highest BCUT2D eigenvalue weighted by molar-refractivity contribution is 9.10. The summed E-state index contributed by atoms with van der Waals surface area (Å²) < 4.78 is 44.4. The molecule has 1 aliphatic rings. The molecule has 1 amide bonds. The smallest absolute Gasteiger partial charge is 0.401 e. The molecular formula is C23H28BrF3N2O5. The van der Waals surface area contributed by atoms with E-state index in [1.165, 1.54) is 7.11 Å². The third-order valence-electron chi connectivity index (χ3n) is 5.72. The molecule has 0 aliphatic carbocycles. The number of benzene rings is 1. The third-order valence-corrected chi connectivity index (χ3v) is 6.25. The van der Waals surface area contributed by atoms with Gasteiger partial charge in [-0.3, -0.25) is 24.1 Å². The van der Waals surface area contributed by atoms with Crippen LogP contribution in [0.2, 0.25) is 0 Å². The van der Waals surface area contributed by atoms with Gasteiger partial charge in [-0.1, -0.05) is 41.9 Å². The number of amides is 1. The van der Waals surface area contributed by atoms with Gasteiger partial charge in [-0.25, -0.2) is 0 Å². The van der Waals surface area contributed by atoms with Gasteiger partial charge in [0.15, 0.2) is 11.6 Å². The molecule has 0 unspecified atom stereocenters. The largest absolute Gasteiger partial charge is 0.469 e. The molecule has 11 heteroatoms. The van der Waals surface area contributed by atoms with Crippen molar-refractivity contribution >= 4 is 39.4 Å². The van der Waals surface area contributed by atoms with Gasteiger partial charge < -0.3 is 9.64 Å². The van der Waals surface area contributed by atoms with Crippen molar-refractivity contribution in [3.05, 3.63) is 34.3 Å². The fraction of sp³-hybridized carbons (Fsp3) is 0.565. The number of halogens is 4. The lowest BCUT2D eigenvalue weighted by atomic mass is 9.90. The van der Waals surface area contributed by atoms with Crippen LogP contribution in [0.3, 0.4) is 0 Å². The van der Waals surface area contributed by atoms with Crippen LogP contribution in [0.25, 0.3) is 0 Å². The van der Waals surface area contributed by atoms with Crippen molar-refractivity contribution in [2.24, 2.45) is 11.8 Å². The van der Waals surface area contributed by atoms with Crippen molar-refractivity contribution in [2.45, 2.75) is 45.3 Å². The van der Waals surface area contributed by atoms with Gasteiger partial charge in [0.2, 0.25) is 5.91 Å². The lowest BCUT2D eigenvalue weighted by Gasteiger charge is -2.29. The zero-order chi connectivity index (χ0) is 25.6. The molecule has 1 fully saturated rings. The number of alkyl halides is 3. The van der Waals surface area contributed by atoms with Crippen molar-refractivity contribution < 1.29 is 37.1 Å². The molecule has 1 heterocycles. The molecule has 7 nitrogen and oxygen atoms in total. The van der Waals surface area contributed by atoms with E-state index in [4.69, 9.17) is 0 Å². The van der Waals surface area contributed by atoms with E-state index < -0.39 is 42.3 Å². The molecule has 0 saturated carbocycles. The Hall–Kier alpha value is -2.27. The van der Waals surface area contributed by atoms with Crippen LogP contribution in [0.4, 0.5) is 13.2 Å². The number of hydrogen-bond acceptors (Lipinski definition) is 6. The zero-order valence-electron chi connectivity index (χ0n) is 19.2. The van der Waals surface area contributed by atoms with Gasteiger partial charge in [0.1, 0.15) is 6.04 Å². The third kappa shape index (κ3) is 7.90. The maximum absolute atomic E-state index is 13.2. The van der Waals surface area contributed by atoms with E-state index in [2.05, 4.69) is 20.7 Å². The molecule has 34 heavy (non-hydrogen) atoms. The number of hydrogen-bond donors (Lipinski definition) is 0. The van der Waals surface area contributed by atoms with Gasteiger partial charge in [-0.05, 0) is 18.1 Å². The van der Waals surface area contributed by atoms with Crippen LogP contribution in [-0.4, -0.2) is 72.3 Å². The summed E-state index contributed by atoms with van der Waals surface area (Å²) in [5.74, 6) is -3.14. The lowest BCUT2D eigenvalue weighted by Crippen LogP contribution is -2.46. The molecule has 0 spiro atoms. The molecule has 0 N–H and O–H groups in total. The highest BCUT2D eigenvalue weighted by Gasteiger charge is 2.44. The average Bonchev–Trinajstić information content (AvgIpc) is 3.17. The summed E-state index contributed by atoms with van der Waals surface area (Å²) in [6.45, 7) is 1.46. The van der Waals surface area contributed by atoms with Gasteiger partial charge >= 0.3 is 12.1 Å². The van der Waals surface area contributed by atoms with E-state index >= 15 is 0 Å². The van der Waals surface area contributed by atoms with Crippen LogP contribution in [0.1, 0.15) is 43.5 Å². The number of ketones is 2. The van der Waals surface area contributed by atoms with Crippen LogP contribution < -0.4 is 0 Å². The molecule has 1 aliphatic heterocycles. The number of Topliss-reactive ketones (excluding diaryl/α,β-unsaturated/α-hetero) is 2. The summed E-state index contributed by atoms with van der Waals surface area (Å²) in [7, 11) is 1.18. The minimum atomic E-state index is -4.51. The molecule has 1 aromatic rings.